The van der Waals surface area contributed by atoms with E-state index in [4.69, 9.17) is 10.00 Å². The third-order valence-electron chi connectivity index (χ3n) is 2.16. The van der Waals surface area contributed by atoms with Crippen LogP contribution in [0.5, 0.6) is 0 Å². The normalized spacial score (nSPS) is 22.8. The van der Waals surface area contributed by atoms with Crippen molar-refractivity contribution in [1.82, 2.24) is 5.32 Å². The SMILES string of the molecule is N#CCNC(=O)C1CCCOCC1. The lowest BCUT2D eigenvalue weighted by Crippen LogP contribution is -2.31. The van der Waals surface area contributed by atoms with Crippen LogP contribution >= 0.6 is 0 Å². The smallest absolute Gasteiger partial charge is 0.224 e. The molecule has 0 aromatic carbocycles. The first-order valence-electron chi connectivity index (χ1n) is 4.57. The fourth-order valence-corrected chi connectivity index (χ4v) is 1.44. The summed E-state index contributed by atoms with van der Waals surface area (Å²) in [5.41, 5.74) is 0. The number of nitrogens with zero attached hydrogens (tertiary/aromatic N) is 1. The predicted octanol–water partition coefficient (Wildman–Crippen LogP) is 0.443. The van der Waals surface area contributed by atoms with Gasteiger partial charge in [-0.2, -0.15) is 5.26 Å². The maximum atomic E-state index is 11.4. The fraction of sp³-hybridized carbons (Fsp3) is 0.778. The lowest BCUT2D eigenvalue weighted by Gasteiger charge is -2.11. The van der Waals surface area contributed by atoms with Crippen LogP contribution in [0.2, 0.25) is 0 Å². The first-order chi connectivity index (χ1) is 6.34. The molecular formula is C9H14N2O2. The summed E-state index contributed by atoms with van der Waals surface area (Å²) >= 11 is 0. The van der Waals surface area contributed by atoms with Crippen molar-refractivity contribution in [1.29, 1.82) is 5.26 Å². The second-order valence-electron chi connectivity index (χ2n) is 3.12. The Morgan fingerprint density at radius 3 is 3.15 bits per heavy atom. The summed E-state index contributed by atoms with van der Waals surface area (Å²) in [5, 5.41) is 10.9. The summed E-state index contributed by atoms with van der Waals surface area (Å²) in [7, 11) is 0. The highest BCUT2D eigenvalue weighted by atomic mass is 16.5. The molecule has 0 spiro atoms. The Balaban J connectivity index is 2.31. The molecule has 72 valence electrons. The van der Waals surface area contributed by atoms with Gasteiger partial charge in [-0.1, -0.05) is 0 Å². The van der Waals surface area contributed by atoms with E-state index < -0.39 is 0 Å². The van der Waals surface area contributed by atoms with E-state index in [0.29, 0.717) is 6.61 Å². The highest BCUT2D eigenvalue weighted by Gasteiger charge is 2.19. The Kier molecular flexibility index (Phi) is 4.27. The Hall–Kier alpha value is -1.08. The number of carbonyl (C=O) groups is 1. The summed E-state index contributed by atoms with van der Waals surface area (Å²) < 4.78 is 5.23. The van der Waals surface area contributed by atoms with Gasteiger partial charge in [-0.3, -0.25) is 4.79 Å². The van der Waals surface area contributed by atoms with Gasteiger partial charge in [-0.15, -0.1) is 0 Å². The van der Waals surface area contributed by atoms with E-state index in [9.17, 15) is 4.79 Å². The van der Waals surface area contributed by atoms with E-state index in [1.807, 2.05) is 6.07 Å². The van der Waals surface area contributed by atoms with Gasteiger partial charge in [-0.05, 0) is 19.3 Å². The summed E-state index contributed by atoms with van der Waals surface area (Å²) in [6.07, 6.45) is 2.58. The fourth-order valence-electron chi connectivity index (χ4n) is 1.44. The number of hydrogen-bond donors (Lipinski definition) is 1. The number of hydrogen-bond acceptors (Lipinski definition) is 3. The highest BCUT2D eigenvalue weighted by molar-refractivity contribution is 5.78. The van der Waals surface area contributed by atoms with Crippen LogP contribution in [0, 0.1) is 17.2 Å². The lowest BCUT2D eigenvalue weighted by atomic mass is 10.00. The molecule has 0 bridgehead atoms. The minimum absolute atomic E-state index is 0.00736. The molecule has 1 amide bonds. The third kappa shape index (κ3) is 3.43. The van der Waals surface area contributed by atoms with Gasteiger partial charge in [0.15, 0.2) is 0 Å². The van der Waals surface area contributed by atoms with Crippen molar-refractivity contribution >= 4 is 5.91 Å². The zero-order valence-electron chi connectivity index (χ0n) is 7.58. The van der Waals surface area contributed by atoms with Gasteiger partial charge in [0.1, 0.15) is 6.54 Å². The van der Waals surface area contributed by atoms with Gasteiger partial charge in [0, 0.05) is 19.1 Å². The van der Waals surface area contributed by atoms with Gasteiger partial charge in [0.25, 0.3) is 0 Å². The average molecular weight is 182 g/mol. The second-order valence-corrected chi connectivity index (χ2v) is 3.12. The molecule has 1 fully saturated rings. The van der Waals surface area contributed by atoms with Crippen molar-refractivity contribution < 1.29 is 9.53 Å². The first kappa shape index (κ1) is 10.0. The van der Waals surface area contributed by atoms with Gasteiger partial charge in [0.05, 0.1) is 6.07 Å². The van der Waals surface area contributed by atoms with Crippen LogP contribution < -0.4 is 5.32 Å². The second kappa shape index (κ2) is 5.55. The molecule has 0 aromatic rings. The molecule has 1 aliphatic heterocycles. The number of ether oxygens (including phenoxy) is 1. The Bertz CT molecular complexity index is 202. The molecule has 4 heteroatoms. The highest BCUT2D eigenvalue weighted by Crippen LogP contribution is 2.15. The molecule has 13 heavy (non-hydrogen) atoms. The maximum Gasteiger partial charge on any atom is 0.224 e. The molecule has 4 nitrogen and oxygen atoms in total. The van der Waals surface area contributed by atoms with E-state index in [1.165, 1.54) is 0 Å². The number of rotatable bonds is 2. The molecule has 1 unspecified atom stereocenters. The monoisotopic (exact) mass is 182 g/mol. The number of amides is 1. The number of carbonyl (C=O) groups excluding carboxylic acids is 1. The Morgan fingerprint density at radius 1 is 1.54 bits per heavy atom. The molecule has 0 radical (unpaired) electrons. The van der Waals surface area contributed by atoms with Crippen molar-refractivity contribution in [3.8, 4) is 6.07 Å². The minimum Gasteiger partial charge on any atom is -0.381 e. The molecule has 1 atom stereocenters. The van der Waals surface area contributed by atoms with E-state index in [0.717, 1.165) is 25.9 Å². The van der Waals surface area contributed by atoms with Crippen LogP contribution in [0.1, 0.15) is 19.3 Å². The zero-order chi connectivity index (χ0) is 9.52. The first-order valence-corrected chi connectivity index (χ1v) is 4.57. The zero-order valence-corrected chi connectivity index (χ0v) is 7.58. The van der Waals surface area contributed by atoms with Crippen molar-refractivity contribution in [3.05, 3.63) is 0 Å². The van der Waals surface area contributed by atoms with Crippen molar-refractivity contribution in [3.63, 3.8) is 0 Å². The Morgan fingerprint density at radius 2 is 2.38 bits per heavy atom. The van der Waals surface area contributed by atoms with Crippen LogP contribution in [0.15, 0.2) is 0 Å². The standard InChI is InChI=1S/C9H14N2O2/c10-4-5-11-9(12)8-2-1-6-13-7-3-8/h8H,1-3,5-7H2,(H,11,12). The lowest BCUT2D eigenvalue weighted by molar-refractivity contribution is -0.125. The maximum absolute atomic E-state index is 11.4. The molecule has 1 heterocycles. The molecule has 0 saturated carbocycles. The summed E-state index contributed by atoms with van der Waals surface area (Å²) in [6, 6.07) is 1.89. The van der Waals surface area contributed by atoms with Gasteiger partial charge in [0.2, 0.25) is 5.91 Å². The molecule has 1 rings (SSSR count). The van der Waals surface area contributed by atoms with Crippen molar-refractivity contribution in [2.75, 3.05) is 19.8 Å². The van der Waals surface area contributed by atoms with Crippen molar-refractivity contribution in [2.45, 2.75) is 19.3 Å². The van der Waals surface area contributed by atoms with E-state index in [-0.39, 0.29) is 18.4 Å². The largest absolute Gasteiger partial charge is 0.381 e. The molecule has 1 aliphatic rings. The van der Waals surface area contributed by atoms with Gasteiger partial charge < -0.3 is 10.1 Å². The quantitative estimate of drug-likeness (QED) is 0.630. The Labute approximate surface area is 77.9 Å². The van der Waals surface area contributed by atoms with Crippen LogP contribution in [-0.4, -0.2) is 25.7 Å². The van der Waals surface area contributed by atoms with Crippen LogP contribution in [-0.2, 0) is 9.53 Å². The van der Waals surface area contributed by atoms with Crippen LogP contribution in [0.3, 0.4) is 0 Å². The summed E-state index contributed by atoms with van der Waals surface area (Å²) in [6.45, 7) is 1.52. The van der Waals surface area contributed by atoms with Crippen molar-refractivity contribution in [2.24, 2.45) is 5.92 Å². The predicted molar refractivity (Wildman–Crippen MR) is 46.8 cm³/mol. The van der Waals surface area contributed by atoms with Crippen LogP contribution in [0.25, 0.3) is 0 Å². The van der Waals surface area contributed by atoms with E-state index in [2.05, 4.69) is 5.32 Å². The minimum atomic E-state index is -0.00736. The number of nitrogens with one attached hydrogen (secondary N) is 1. The number of nitriles is 1. The summed E-state index contributed by atoms with van der Waals surface area (Å²) in [4.78, 5) is 11.4. The van der Waals surface area contributed by atoms with E-state index in [1.54, 1.807) is 0 Å². The van der Waals surface area contributed by atoms with Gasteiger partial charge in [-0.25, -0.2) is 0 Å². The molecule has 1 saturated heterocycles. The average Bonchev–Trinajstić information content (AvgIpc) is 2.42. The molecule has 0 aliphatic carbocycles. The van der Waals surface area contributed by atoms with Crippen LogP contribution in [0.4, 0.5) is 0 Å². The van der Waals surface area contributed by atoms with Gasteiger partial charge >= 0.3 is 0 Å². The molecule has 0 aromatic heterocycles. The van der Waals surface area contributed by atoms with E-state index >= 15 is 0 Å². The topological polar surface area (TPSA) is 62.1 Å². The summed E-state index contributed by atoms with van der Waals surface area (Å²) in [5.74, 6) is 0.0305. The molecule has 1 N–H and O–H groups in total. The molecular weight excluding hydrogens is 168 g/mol. The third-order valence-corrected chi connectivity index (χ3v) is 2.16.